The summed E-state index contributed by atoms with van der Waals surface area (Å²) in [5.74, 6) is -0.0877. The Bertz CT molecular complexity index is 871. The predicted octanol–water partition coefficient (Wildman–Crippen LogP) is 0.340. The fraction of sp³-hybridized carbons (Fsp3) is 0.375. The van der Waals surface area contributed by atoms with Gasteiger partial charge in [0.15, 0.2) is 5.65 Å². The van der Waals surface area contributed by atoms with Crippen molar-refractivity contribution in [3.8, 4) is 0 Å². The van der Waals surface area contributed by atoms with Crippen molar-refractivity contribution in [3.05, 3.63) is 36.3 Å². The van der Waals surface area contributed by atoms with E-state index in [9.17, 15) is 4.79 Å². The molecule has 0 saturated carbocycles. The third-order valence-corrected chi connectivity index (χ3v) is 4.21. The highest BCUT2D eigenvalue weighted by atomic mass is 16.5. The van der Waals surface area contributed by atoms with Crippen LogP contribution in [0.5, 0.6) is 0 Å². The molecule has 24 heavy (non-hydrogen) atoms. The van der Waals surface area contributed by atoms with Gasteiger partial charge >= 0.3 is 0 Å². The number of aromatic nitrogens is 4. The zero-order valence-electron chi connectivity index (χ0n) is 13.2. The van der Waals surface area contributed by atoms with Gasteiger partial charge in [0.05, 0.1) is 30.4 Å². The molecule has 1 saturated heterocycles. The fourth-order valence-electron chi connectivity index (χ4n) is 2.87. The molecule has 1 fully saturated rings. The first kappa shape index (κ1) is 15.0. The molecule has 4 rings (SSSR count). The van der Waals surface area contributed by atoms with E-state index >= 15 is 0 Å². The fourth-order valence-corrected chi connectivity index (χ4v) is 2.87. The van der Waals surface area contributed by atoms with Crippen LogP contribution in [0.25, 0.3) is 16.7 Å². The standard InChI is InChI=1S/C16H18N6O2/c23-16(17-3-4-21-5-7-24-8-6-21)12-1-2-13-14(9-12)22-11-19-20-15(22)10-18-13/h1-2,9-11H,3-8H2,(H,17,23). The summed E-state index contributed by atoms with van der Waals surface area (Å²) in [7, 11) is 0. The maximum Gasteiger partial charge on any atom is 0.251 e. The molecule has 3 aromatic rings. The topological polar surface area (TPSA) is 84.7 Å². The van der Waals surface area contributed by atoms with Crippen molar-refractivity contribution in [1.29, 1.82) is 0 Å². The molecule has 0 radical (unpaired) electrons. The van der Waals surface area contributed by atoms with Crippen LogP contribution in [0.3, 0.4) is 0 Å². The number of hydrogen-bond acceptors (Lipinski definition) is 6. The number of morpholine rings is 1. The van der Waals surface area contributed by atoms with Crippen molar-refractivity contribution in [1.82, 2.24) is 29.8 Å². The lowest BCUT2D eigenvalue weighted by Crippen LogP contribution is -2.41. The number of carbonyl (C=O) groups is 1. The Kier molecular flexibility index (Phi) is 4.06. The van der Waals surface area contributed by atoms with Gasteiger partial charge in [0.2, 0.25) is 0 Å². The lowest BCUT2D eigenvalue weighted by atomic mass is 10.2. The number of nitrogens with one attached hydrogen (secondary N) is 1. The lowest BCUT2D eigenvalue weighted by Gasteiger charge is -2.26. The Morgan fingerprint density at radius 1 is 1.29 bits per heavy atom. The van der Waals surface area contributed by atoms with E-state index in [4.69, 9.17) is 4.74 Å². The largest absolute Gasteiger partial charge is 0.379 e. The van der Waals surface area contributed by atoms with Crippen molar-refractivity contribution in [2.75, 3.05) is 39.4 Å². The molecule has 1 N–H and O–H groups in total. The van der Waals surface area contributed by atoms with Gasteiger partial charge in [0.1, 0.15) is 6.33 Å². The van der Waals surface area contributed by atoms with E-state index < -0.39 is 0 Å². The third kappa shape index (κ3) is 2.93. The number of nitrogens with zero attached hydrogens (tertiary/aromatic N) is 5. The first-order valence-electron chi connectivity index (χ1n) is 7.98. The Morgan fingerprint density at radius 3 is 3.04 bits per heavy atom. The SMILES string of the molecule is O=C(NCCN1CCOCC1)c1ccc2ncc3nncn3c2c1. The van der Waals surface area contributed by atoms with E-state index in [1.54, 1.807) is 18.6 Å². The van der Waals surface area contributed by atoms with Gasteiger partial charge in [-0.15, -0.1) is 10.2 Å². The third-order valence-electron chi connectivity index (χ3n) is 4.21. The van der Waals surface area contributed by atoms with Gasteiger partial charge in [-0.1, -0.05) is 0 Å². The van der Waals surface area contributed by atoms with E-state index in [0.29, 0.717) is 17.8 Å². The normalized spacial score (nSPS) is 15.8. The van der Waals surface area contributed by atoms with Crippen molar-refractivity contribution in [3.63, 3.8) is 0 Å². The second-order valence-electron chi connectivity index (χ2n) is 5.73. The maximum atomic E-state index is 12.4. The van der Waals surface area contributed by atoms with Crippen LogP contribution >= 0.6 is 0 Å². The highest BCUT2D eigenvalue weighted by Crippen LogP contribution is 2.15. The van der Waals surface area contributed by atoms with Crippen molar-refractivity contribution in [2.45, 2.75) is 0 Å². The van der Waals surface area contributed by atoms with Crippen LogP contribution in [0.15, 0.2) is 30.7 Å². The molecule has 0 atom stereocenters. The summed E-state index contributed by atoms with van der Waals surface area (Å²) in [6.07, 6.45) is 3.29. The summed E-state index contributed by atoms with van der Waals surface area (Å²) < 4.78 is 7.14. The Hall–Kier alpha value is -2.58. The number of carbonyl (C=O) groups excluding carboxylic acids is 1. The molecule has 124 valence electrons. The summed E-state index contributed by atoms with van der Waals surface area (Å²) in [4.78, 5) is 19.0. The molecule has 1 amide bonds. The monoisotopic (exact) mass is 326 g/mol. The second-order valence-corrected chi connectivity index (χ2v) is 5.73. The molecule has 0 aliphatic carbocycles. The van der Waals surface area contributed by atoms with Crippen LogP contribution in [0.2, 0.25) is 0 Å². The van der Waals surface area contributed by atoms with Gasteiger partial charge in [0.25, 0.3) is 5.91 Å². The van der Waals surface area contributed by atoms with Crippen LogP contribution in [-0.2, 0) is 4.74 Å². The first-order valence-corrected chi connectivity index (χ1v) is 7.98. The average molecular weight is 326 g/mol. The van der Waals surface area contributed by atoms with Crippen LogP contribution in [0.4, 0.5) is 0 Å². The molecule has 0 unspecified atom stereocenters. The van der Waals surface area contributed by atoms with E-state index in [1.165, 1.54) is 0 Å². The molecule has 1 aromatic carbocycles. The number of amides is 1. The van der Waals surface area contributed by atoms with Crippen molar-refractivity contribution >= 4 is 22.6 Å². The number of ether oxygens (including phenoxy) is 1. The van der Waals surface area contributed by atoms with Gasteiger partial charge in [-0.2, -0.15) is 0 Å². The molecule has 0 bridgehead atoms. The maximum absolute atomic E-state index is 12.4. The molecular weight excluding hydrogens is 308 g/mol. The van der Waals surface area contributed by atoms with Crippen LogP contribution in [0, 0.1) is 0 Å². The summed E-state index contributed by atoms with van der Waals surface area (Å²) >= 11 is 0. The highest BCUT2D eigenvalue weighted by molar-refractivity contribution is 5.97. The quantitative estimate of drug-likeness (QED) is 0.744. The molecule has 8 heteroatoms. The molecule has 8 nitrogen and oxygen atoms in total. The average Bonchev–Trinajstić information content (AvgIpc) is 3.11. The number of rotatable bonds is 4. The minimum atomic E-state index is -0.0877. The van der Waals surface area contributed by atoms with Gasteiger partial charge in [-0.3, -0.25) is 19.1 Å². The minimum absolute atomic E-state index is 0.0877. The number of hydrogen-bond donors (Lipinski definition) is 1. The molecule has 3 heterocycles. The molecule has 2 aromatic heterocycles. The molecular formula is C16H18N6O2. The van der Waals surface area contributed by atoms with Crippen LogP contribution < -0.4 is 5.32 Å². The van der Waals surface area contributed by atoms with Crippen LogP contribution in [-0.4, -0.2) is 69.8 Å². The van der Waals surface area contributed by atoms with Crippen LogP contribution in [0.1, 0.15) is 10.4 Å². The summed E-state index contributed by atoms with van der Waals surface area (Å²) in [5.41, 5.74) is 2.88. The zero-order valence-corrected chi connectivity index (χ0v) is 13.2. The molecule has 0 spiro atoms. The Labute approximate surface area is 138 Å². The lowest BCUT2D eigenvalue weighted by molar-refractivity contribution is 0.0383. The first-order chi connectivity index (χ1) is 11.8. The van der Waals surface area contributed by atoms with E-state index in [2.05, 4.69) is 25.4 Å². The summed E-state index contributed by atoms with van der Waals surface area (Å²) in [5, 5.41) is 10.8. The predicted molar refractivity (Wildman–Crippen MR) is 87.9 cm³/mol. The van der Waals surface area contributed by atoms with Gasteiger partial charge in [-0.05, 0) is 18.2 Å². The van der Waals surface area contributed by atoms with Crippen molar-refractivity contribution in [2.24, 2.45) is 0 Å². The summed E-state index contributed by atoms with van der Waals surface area (Å²) in [6.45, 7) is 4.82. The van der Waals surface area contributed by atoms with Gasteiger partial charge < -0.3 is 10.1 Å². The smallest absolute Gasteiger partial charge is 0.251 e. The zero-order chi connectivity index (χ0) is 16.4. The highest BCUT2D eigenvalue weighted by Gasteiger charge is 2.12. The second kappa shape index (κ2) is 6.50. The van der Waals surface area contributed by atoms with Gasteiger partial charge in [0, 0.05) is 31.7 Å². The minimum Gasteiger partial charge on any atom is -0.379 e. The van der Waals surface area contributed by atoms with Gasteiger partial charge in [-0.25, -0.2) is 0 Å². The Morgan fingerprint density at radius 2 is 2.17 bits per heavy atom. The van der Waals surface area contributed by atoms with E-state index in [-0.39, 0.29) is 5.91 Å². The Balaban J connectivity index is 1.47. The molecule has 1 aliphatic rings. The molecule has 1 aliphatic heterocycles. The van der Waals surface area contributed by atoms with Crippen molar-refractivity contribution < 1.29 is 9.53 Å². The number of benzene rings is 1. The number of fused-ring (bicyclic) bond motifs is 3. The summed E-state index contributed by atoms with van der Waals surface area (Å²) in [6, 6.07) is 5.45. The van der Waals surface area contributed by atoms with E-state index in [1.807, 2.05) is 16.5 Å². The van der Waals surface area contributed by atoms with E-state index in [0.717, 1.165) is 43.9 Å².